The summed E-state index contributed by atoms with van der Waals surface area (Å²) in [5.74, 6) is 1.78. The molecule has 5 rings (SSSR count). The van der Waals surface area contributed by atoms with Gasteiger partial charge in [0.2, 0.25) is 0 Å². The largest absolute Gasteiger partial charge is 0.493 e. The number of hydrogen-bond donors (Lipinski definition) is 0. The minimum absolute atomic E-state index is 0.00162. The molecule has 43 heavy (non-hydrogen) atoms. The Morgan fingerprint density at radius 1 is 1.05 bits per heavy atom. The van der Waals surface area contributed by atoms with Gasteiger partial charge < -0.3 is 24.0 Å². The molecular weight excluding hydrogens is 538 g/mol. The van der Waals surface area contributed by atoms with Crippen molar-refractivity contribution in [1.29, 1.82) is 0 Å². The van der Waals surface area contributed by atoms with E-state index < -0.39 is 0 Å². The second kappa shape index (κ2) is 13.7. The number of carbonyl (C=O) groups is 1. The van der Waals surface area contributed by atoms with Crippen LogP contribution in [0.3, 0.4) is 0 Å². The van der Waals surface area contributed by atoms with E-state index in [2.05, 4.69) is 37.9 Å². The van der Waals surface area contributed by atoms with Crippen molar-refractivity contribution < 1.29 is 19.0 Å². The van der Waals surface area contributed by atoms with Crippen molar-refractivity contribution in [2.75, 3.05) is 40.5 Å². The number of ether oxygens (including phenoxy) is 3. The second-order valence-corrected chi connectivity index (χ2v) is 12.0. The van der Waals surface area contributed by atoms with Crippen LogP contribution in [0.4, 0.5) is 0 Å². The van der Waals surface area contributed by atoms with E-state index >= 15 is 0 Å². The molecular formula is C36H45N3O4. The van der Waals surface area contributed by atoms with Crippen LogP contribution in [0.15, 0.2) is 71.7 Å². The lowest BCUT2D eigenvalue weighted by Gasteiger charge is -2.39. The maximum atomic E-state index is 13.8. The van der Waals surface area contributed by atoms with Crippen LogP contribution in [0.5, 0.6) is 11.5 Å². The minimum Gasteiger partial charge on any atom is -0.493 e. The number of benzene rings is 3. The highest BCUT2D eigenvalue weighted by Gasteiger charge is 2.36. The zero-order chi connectivity index (χ0) is 30.5. The highest BCUT2D eigenvalue weighted by atomic mass is 16.5. The summed E-state index contributed by atoms with van der Waals surface area (Å²) in [6.07, 6.45) is 1.00. The molecule has 2 aliphatic rings. The summed E-state index contributed by atoms with van der Waals surface area (Å²) >= 11 is 0. The van der Waals surface area contributed by atoms with E-state index in [0.717, 1.165) is 47.7 Å². The highest BCUT2D eigenvalue weighted by molar-refractivity contribution is 6.15. The van der Waals surface area contributed by atoms with Crippen molar-refractivity contribution in [1.82, 2.24) is 9.80 Å². The number of piperidine rings is 1. The highest BCUT2D eigenvalue weighted by Crippen LogP contribution is 2.42. The van der Waals surface area contributed by atoms with E-state index in [4.69, 9.17) is 19.2 Å². The van der Waals surface area contributed by atoms with Crippen LogP contribution in [0, 0.1) is 0 Å². The second-order valence-electron chi connectivity index (χ2n) is 12.0. The van der Waals surface area contributed by atoms with Gasteiger partial charge >= 0.3 is 0 Å². The third-order valence-electron chi connectivity index (χ3n) is 8.51. The first kappa shape index (κ1) is 30.8. The maximum absolute atomic E-state index is 13.8. The van der Waals surface area contributed by atoms with Crippen LogP contribution in [0.1, 0.15) is 72.6 Å². The van der Waals surface area contributed by atoms with Gasteiger partial charge in [0.05, 0.1) is 44.7 Å². The SMILES string of the molecule is CCOc1cc2c(cc1OC)C(c1ccc(C(=O)N(C(C)C)[C@@H](C)COCc3ccccc3)cc1)=NC1CCN(C)C[C@H]21. The van der Waals surface area contributed by atoms with Gasteiger partial charge in [0.1, 0.15) is 0 Å². The standard InChI is InChI=1S/C36H45N3O4/c1-7-43-34-19-29-30(20-33(34)41-6)35(37-32-17-18-38(5)21-31(29)32)27-13-15-28(16-14-27)36(40)39(24(2)3)25(4)22-42-23-26-11-9-8-10-12-26/h8-16,19-20,24-25,31-32H,7,17-18,21-23H2,1-6H3/t25-,31+,32?/m0/s1. The Bertz CT molecular complexity index is 1420. The summed E-state index contributed by atoms with van der Waals surface area (Å²) in [6.45, 7) is 11.7. The summed E-state index contributed by atoms with van der Waals surface area (Å²) in [4.78, 5) is 23.4. The Hall–Kier alpha value is -3.68. The molecule has 0 radical (unpaired) electrons. The van der Waals surface area contributed by atoms with Gasteiger partial charge in [-0.05, 0) is 83.1 Å². The first-order valence-corrected chi connectivity index (χ1v) is 15.5. The van der Waals surface area contributed by atoms with Crippen LogP contribution in [-0.2, 0) is 11.3 Å². The fraction of sp³-hybridized carbons (Fsp3) is 0.444. The normalized spacial score (nSPS) is 18.8. The van der Waals surface area contributed by atoms with Gasteiger partial charge in [-0.15, -0.1) is 0 Å². The van der Waals surface area contributed by atoms with Gasteiger partial charge in [-0.2, -0.15) is 0 Å². The molecule has 228 valence electrons. The van der Waals surface area contributed by atoms with Crippen LogP contribution in [-0.4, -0.2) is 80.0 Å². The van der Waals surface area contributed by atoms with Crippen molar-refractivity contribution in [3.8, 4) is 11.5 Å². The molecule has 3 aromatic carbocycles. The molecule has 0 N–H and O–H groups in total. The summed E-state index contributed by atoms with van der Waals surface area (Å²) in [7, 11) is 3.85. The average molecular weight is 584 g/mol. The molecule has 0 saturated carbocycles. The van der Waals surface area contributed by atoms with Crippen molar-refractivity contribution in [3.05, 3.63) is 94.5 Å². The number of hydrogen-bond acceptors (Lipinski definition) is 6. The van der Waals surface area contributed by atoms with Gasteiger partial charge in [0.25, 0.3) is 5.91 Å². The third-order valence-corrected chi connectivity index (χ3v) is 8.51. The van der Waals surface area contributed by atoms with Crippen molar-refractivity contribution in [3.63, 3.8) is 0 Å². The van der Waals surface area contributed by atoms with E-state index in [-0.39, 0.29) is 24.0 Å². The molecule has 7 nitrogen and oxygen atoms in total. The number of likely N-dealkylation sites (N-methyl/N-ethyl adjacent to an activating group) is 1. The molecule has 7 heteroatoms. The monoisotopic (exact) mass is 583 g/mol. The lowest BCUT2D eigenvalue weighted by molar-refractivity contribution is 0.0340. The smallest absolute Gasteiger partial charge is 0.254 e. The molecule has 0 aliphatic carbocycles. The molecule has 1 saturated heterocycles. The van der Waals surface area contributed by atoms with Gasteiger partial charge in [0, 0.05) is 35.2 Å². The third kappa shape index (κ3) is 6.78. The number of likely N-dealkylation sites (tertiary alicyclic amines) is 1. The van der Waals surface area contributed by atoms with E-state index in [1.54, 1.807) is 7.11 Å². The van der Waals surface area contributed by atoms with Crippen molar-refractivity contribution in [2.24, 2.45) is 4.99 Å². The predicted molar refractivity (Wildman–Crippen MR) is 172 cm³/mol. The van der Waals surface area contributed by atoms with E-state index in [1.165, 1.54) is 5.56 Å². The number of methoxy groups -OCH3 is 1. The van der Waals surface area contributed by atoms with Gasteiger partial charge in [0.15, 0.2) is 11.5 Å². The molecule has 0 bridgehead atoms. The molecule has 0 spiro atoms. The van der Waals surface area contributed by atoms with Gasteiger partial charge in [-0.3, -0.25) is 9.79 Å². The first-order valence-electron chi connectivity index (χ1n) is 15.5. The van der Waals surface area contributed by atoms with Gasteiger partial charge in [-0.1, -0.05) is 42.5 Å². The maximum Gasteiger partial charge on any atom is 0.254 e. The lowest BCUT2D eigenvalue weighted by atomic mass is 9.79. The van der Waals surface area contributed by atoms with Crippen LogP contribution < -0.4 is 9.47 Å². The first-order chi connectivity index (χ1) is 20.8. The quantitative estimate of drug-likeness (QED) is 0.270. The summed E-state index contributed by atoms with van der Waals surface area (Å²) in [5.41, 5.74) is 6.05. The van der Waals surface area contributed by atoms with Crippen LogP contribution >= 0.6 is 0 Å². The molecule has 0 aromatic heterocycles. The fourth-order valence-corrected chi connectivity index (χ4v) is 6.41. The Morgan fingerprint density at radius 3 is 2.47 bits per heavy atom. The zero-order valence-corrected chi connectivity index (χ0v) is 26.4. The van der Waals surface area contributed by atoms with Crippen LogP contribution in [0.2, 0.25) is 0 Å². The Morgan fingerprint density at radius 2 is 1.79 bits per heavy atom. The molecule has 3 atom stereocenters. The fourth-order valence-electron chi connectivity index (χ4n) is 6.41. The molecule has 2 heterocycles. The van der Waals surface area contributed by atoms with E-state index in [1.807, 2.05) is 73.3 Å². The number of amides is 1. The molecule has 1 amide bonds. The molecule has 1 unspecified atom stereocenters. The van der Waals surface area contributed by atoms with Crippen molar-refractivity contribution in [2.45, 2.75) is 64.8 Å². The van der Waals surface area contributed by atoms with E-state index in [0.29, 0.717) is 37.1 Å². The molecule has 2 aliphatic heterocycles. The number of fused-ring (bicyclic) bond motifs is 3. The van der Waals surface area contributed by atoms with Crippen molar-refractivity contribution >= 4 is 11.6 Å². The predicted octanol–water partition coefficient (Wildman–Crippen LogP) is 6.19. The number of aliphatic imine (C=N–C) groups is 1. The average Bonchev–Trinajstić information content (AvgIpc) is 3.01. The lowest BCUT2D eigenvalue weighted by Crippen LogP contribution is -2.45. The molecule has 1 fully saturated rings. The molecule has 3 aromatic rings. The Labute approximate surface area is 256 Å². The number of nitrogens with zero attached hydrogens (tertiary/aromatic N) is 3. The minimum atomic E-state index is -0.0705. The van der Waals surface area contributed by atoms with E-state index in [9.17, 15) is 4.79 Å². The Kier molecular flexibility index (Phi) is 9.83. The van der Waals surface area contributed by atoms with Gasteiger partial charge in [-0.25, -0.2) is 0 Å². The number of rotatable bonds is 11. The Balaban J connectivity index is 1.38. The topological polar surface area (TPSA) is 63.6 Å². The summed E-state index contributed by atoms with van der Waals surface area (Å²) in [6, 6.07) is 22.4. The summed E-state index contributed by atoms with van der Waals surface area (Å²) in [5, 5.41) is 0. The zero-order valence-electron chi connectivity index (χ0n) is 26.4. The van der Waals surface area contributed by atoms with Crippen LogP contribution in [0.25, 0.3) is 0 Å². The summed E-state index contributed by atoms with van der Waals surface area (Å²) < 4.78 is 17.7. The number of carbonyl (C=O) groups excluding carboxylic acids is 1.